The standard InChI is InChI=1S/C43H50N8O7/c1-7-24-14-34(50(20-24)41(53)37(22(2)3)49-43(55)57-6)39-44-18-32(47-39)26-9-11-28-27(15-26)21-58-35-17-29-25(16-30(28)35)10-12-31-38(29)48-40(46-31)33-13-8-23(4)51(33)36(52)19-45-42(54)56-5/h9-12,15-18,22-24,33-34,37H,7-8,13-14,19-21H2,1-6H3,(H,44,47)(H,45,54)(H,46,48)(H,49,55). The van der Waals surface area contributed by atoms with Crippen LogP contribution in [0.1, 0.15) is 82.7 Å². The summed E-state index contributed by atoms with van der Waals surface area (Å²) < 4.78 is 15.9. The fraction of sp³-hybridized carbons (Fsp3) is 0.442. The summed E-state index contributed by atoms with van der Waals surface area (Å²) in [7, 11) is 2.56. The number of hydrogen-bond acceptors (Lipinski definition) is 9. The maximum atomic E-state index is 13.9. The van der Waals surface area contributed by atoms with Crippen LogP contribution >= 0.6 is 0 Å². The molecule has 304 valence electrons. The summed E-state index contributed by atoms with van der Waals surface area (Å²) in [5.74, 6) is 2.06. The van der Waals surface area contributed by atoms with Crippen LogP contribution in [0.5, 0.6) is 5.75 Å². The Bertz CT molecular complexity index is 2400. The molecular weight excluding hydrogens is 741 g/mol. The lowest BCUT2D eigenvalue weighted by Gasteiger charge is -2.30. The fourth-order valence-electron chi connectivity index (χ4n) is 8.87. The van der Waals surface area contributed by atoms with Crippen LogP contribution in [0.3, 0.4) is 0 Å². The number of aromatic nitrogens is 4. The van der Waals surface area contributed by atoms with Crippen LogP contribution in [0.4, 0.5) is 9.59 Å². The van der Waals surface area contributed by atoms with Crippen LogP contribution in [-0.2, 0) is 25.7 Å². The van der Waals surface area contributed by atoms with Crippen molar-refractivity contribution >= 4 is 45.8 Å². The summed E-state index contributed by atoms with van der Waals surface area (Å²) in [6.45, 7) is 8.79. The van der Waals surface area contributed by atoms with Crippen molar-refractivity contribution < 1.29 is 33.4 Å². The number of hydrogen-bond donors (Lipinski definition) is 4. The molecule has 2 aromatic heterocycles. The molecule has 0 spiro atoms. The van der Waals surface area contributed by atoms with E-state index in [0.29, 0.717) is 24.9 Å². The molecular formula is C43H50N8O7. The summed E-state index contributed by atoms with van der Waals surface area (Å²) in [6.07, 6.45) is 3.84. The number of methoxy groups -OCH3 is 2. The normalized spacial score (nSPS) is 20.5. The van der Waals surface area contributed by atoms with Crippen LogP contribution in [-0.4, -0.2) is 93.1 Å². The molecule has 0 saturated carbocycles. The number of likely N-dealkylation sites (tertiary alicyclic amines) is 2. The molecule has 5 aromatic rings. The van der Waals surface area contributed by atoms with E-state index in [4.69, 9.17) is 19.4 Å². The highest BCUT2D eigenvalue weighted by molar-refractivity contribution is 6.07. The van der Waals surface area contributed by atoms with Crippen molar-refractivity contribution in [3.05, 3.63) is 65.9 Å². The molecule has 4 N–H and O–H groups in total. The SMILES string of the molecule is CCC1CC(c2ncc(-c3ccc4c(c3)COc3cc5c(ccc6[nH]c(C7CCC(C)N7C(=O)CNC(=O)OC)nc65)cc3-4)[nH]2)N(C(=O)C(NC(=O)OC)C(C)C)C1. The number of alkyl carbamates (subject to hydrolysis) is 2. The van der Waals surface area contributed by atoms with E-state index in [1.54, 1.807) is 4.90 Å². The number of aromatic amines is 2. The molecule has 3 aromatic carbocycles. The molecule has 5 atom stereocenters. The minimum atomic E-state index is -0.712. The van der Waals surface area contributed by atoms with Gasteiger partial charge in [0, 0.05) is 23.5 Å². The van der Waals surface area contributed by atoms with Gasteiger partial charge in [0.1, 0.15) is 36.6 Å². The number of carbonyl (C=O) groups excluding carboxylic acids is 4. The van der Waals surface area contributed by atoms with E-state index in [2.05, 4.69) is 68.7 Å². The van der Waals surface area contributed by atoms with Crippen molar-refractivity contribution in [1.29, 1.82) is 0 Å². The van der Waals surface area contributed by atoms with E-state index in [9.17, 15) is 19.2 Å². The minimum Gasteiger partial charge on any atom is -0.488 e. The van der Waals surface area contributed by atoms with E-state index < -0.39 is 18.2 Å². The van der Waals surface area contributed by atoms with E-state index in [0.717, 1.165) is 87.0 Å². The van der Waals surface area contributed by atoms with Crippen LogP contribution in [0.2, 0.25) is 0 Å². The monoisotopic (exact) mass is 790 g/mol. The third-order valence-corrected chi connectivity index (χ3v) is 12.1. The number of amides is 4. The van der Waals surface area contributed by atoms with Gasteiger partial charge in [0.05, 0.1) is 49.2 Å². The predicted octanol–water partition coefficient (Wildman–Crippen LogP) is 6.75. The molecule has 58 heavy (non-hydrogen) atoms. The second-order valence-corrected chi connectivity index (χ2v) is 16.0. The first-order chi connectivity index (χ1) is 28.0. The summed E-state index contributed by atoms with van der Waals surface area (Å²) in [4.78, 5) is 71.3. The molecule has 4 amide bonds. The number of benzene rings is 3. The van der Waals surface area contributed by atoms with Gasteiger partial charge in [-0.15, -0.1) is 0 Å². The summed E-state index contributed by atoms with van der Waals surface area (Å²) in [5, 5.41) is 7.20. The Morgan fingerprint density at radius 2 is 1.78 bits per heavy atom. The topological polar surface area (TPSA) is 184 Å². The van der Waals surface area contributed by atoms with Crippen molar-refractivity contribution in [3.63, 3.8) is 0 Å². The van der Waals surface area contributed by atoms with E-state index in [1.807, 2.05) is 37.9 Å². The molecule has 15 nitrogen and oxygen atoms in total. The summed E-state index contributed by atoms with van der Waals surface area (Å²) >= 11 is 0. The Kier molecular flexibility index (Phi) is 10.5. The van der Waals surface area contributed by atoms with Gasteiger partial charge in [0.25, 0.3) is 0 Å². The highest BCUT2D eigenvalue weighted by atomic mass is 16.5. The highest BCUT2D eigenvalue weighted by Gasteiger charge is 2.41. The number of ether oxygens (including phenoxy) is 3. The van der Waals surface area contributed by atoms with Gasteiger partial charge in [-0.05, 0) is 84.4 Å². The molecule has 0 bridgehead atoms. The third kappa shape index (κ3) is 7.06. The third-order valence-electron chi connectivity index (χ3n) is 12.1. The fourth-order valence-corrected chi connectivity index (χ4v) is 8.87. The van der Waals surface area contributed by atoms with Gasteiger partial charge in [-0.2, -0.15) is 0 Å². The Morgan fingerprint density at radius 3 is 2.53 bits per heavy atom. The maximum Gasteiger partial charge on any atom is 0.407 e. The van der Waals surface area contributed by atoms with Gasteiger partial charge in [-0.1, -0.05) is 45.4 Å². The quantitative estimate of drug-likeness (QED) is 0.125. The zero-order valence-corrected chi connectivity index (χ0v) is 33.7. The molecule has 3 aliphatic heterocycles. The second-order valence-electron chi connectivity index (χ2n) is 16.0. The molecule has 15 heteroatoms. The van der Waals surface area contributed by atoms with Gasteiger partial charge >= 0.3 is 12.2 Å². The Labute approximate surface area is 336 Å². The van der Waals surface area contributed by atoms with Crippen LogP contribution in [0, 0.1) is 11.8 Å². The van der Waals surface area contributed by atoms with Gasteiger partial charge in [-0.3, -0.25) is 9.59 Å². The van der Waals surface area contributed by atoms with Crippen LogP contribution < -0.4 is 15.4 Å². The second kappa shape index (κ2) is 15.7. The van der Waals surface area contributed by atoms with Crippen molar-refractivity contribution in [3.8, 4) is 28.1 Å². The van der Waals surface area contributed by atoms with Gasteiger partial charge < -0.3 is 44.6 Å². The van der Waals surface area contributed by atoms with Gasteiger partial charge in [-0.25, -0.2) is 19.6 Å². The lowest BCUT2D eigenvalue weighted by molar-refractivity contribution is -0.135. The minimum absolute atomic E-state index is 0.000886. The number of H-pyrrole nitrogens is 2. The highest BCUT2D eigenvalue weighted by Crippen LogP contribution is 2.44. The van der Waals surface area contributed by atoms with E-state index in [-0.39, 0.29) is 42.4 Å². The van der Waals surface area contributed by atoms with Gasteiger partial charge in [0.15, 0.2) is 0 Å². The number of carbonyl (C=O) groups is 4. The number of rotatable bonds is 9. The average Bonchev–Trinajstić information content (AvgIpc) is 4.05. The van der Waals surface area contributed by atoms with Crippen molar-refractivity contribution in [2.45, 2.75) is 84.2 Å². The van der Waals surface area contributed by atoms with Crippen LogP contribution in [0.15, 0.2) is 48.7 Å². The Hall–Kier alpha value is -6.12. The predicted molar refractivity (Wildman–Crippen MR) is 217 cm³/mol. The van der Waals surface area contributed by atoms with E-state index in [1.165, 1.54) is 14.2 Å². The maximum absolute atomic E-state index is 13.9. The average molecular weight is 791 g/mol. The van der Waals surface area contributed by atoms with Crippen molar-refractivity contribution in [1.82, 2.24) is 40.4 Å². The summed E-state index contributed by atoms with van der Waals surface area (Å²) in [5.41, 5.74) is 6.60. The number of fused-ring (bicyclic) bond motifs is 6. The molecule has 5 unspecified atom stereocenters. The first-order valence-electron chi connectivity index (χ1n) is 20.0. The molecule has 0 radical (unpaired) electrons. The largest absolute Gasteiger partial charge is 0.488 e. The molecule has 0 aliphatic carbocycles. The Balaban J connectivity index is 1.04. The molecule has 3 aliphatic rings. The van der Waals surface area contributed by atoms with E-state index >= 15 is 0 Å². The van der Waals surface area contributed by atoms with Crippen molar-refractivity contribution in [2.24, 2.45) is 11.8 Å². The zero-order valence-electron chi connectivity index (χ0n) is 33.7. The lowest BCUT2D eigenvalue weighted by Crippen LogP contribution is -2.51. The van der Waals surface area contributed by atoms with Crippen molar-refractivity contribution in [2.75, 3.05) is 27.3 Å². The molecule has 2 saturated heterocycles. The first-order valence-corrected chi connectivity index (χ1v) is 20.0. The molecule has 2 fully saturated rings. The number of nitrogens with zero attached hydrogens (tertiary/aromatic N) is 4. The molecule has 8 rings (SSSR count). The smallest absolute Gasteiger partial charge is 0.407 e. The lowest BCUT2D eigenvalue weighted by atomic mass is 9.92. The Morgan fingerprint density at radius 1 is 0.966 bits per heavy atom. The first kappa shape index (κ1) is 38.7. The number of nitrogens with one attached hydrogen (secondary N) is 4. The number of imidazole rings is 2. The van der Waals surface area contributed by atoms with Gasteiger partial charge in [0.2, 0.25) is 11.8 Å². The zero-order chi connectivity index (χ0) is 40.8. The summed E-state index contributed by atoms with van der Waals surface area (Å²) in [6, 6.07) is 13.4. The molecule has 5 heterocycles. The van der Waals surface area contributed by atoms with Crippen LogP contribution in [0.25, 0.3) is 44.2 Å².